The van der Waals surface area contributed by atoms with E-state index in [4.69, 9.17) is 10.0 Å². The van der Waals surface area contributed by atoms with E-state index in [1.54, 1.807) is 28.7 Å². The van der Waals surface area contributed by atoms with Crippen LogP contribution in [0.15, 0.2) is 16.6 Å². The van der Waals surface area contributed by atoms with Crippen molar-refractivity contribution >= 4 is 51.1 Å². The first-order valence-electron chi connectivity index (χ1n) is 3.03. The quantitative estimate of drug-likeness (QED) is 0.451. The van der Waals surface area contributed by atoms with Crippen LogP contribution in [0, 0.1) is 9.39 Å². The summed E-state index contributed by atoms with van der Waals surface area (Å²) in [5, 5.41) is 17.4. The molecule has 0 atom stereocenters. The molecule has 0 aliphatic carbocycles. The van der Waals surface area contributed by atoms with Crippen LogP contribution in [0.5, 0.6) is 0 Å². The van der Waals surface area contributed by atoms with Gasteiger partial charge in [-0.2, -0.15) is 0 Å². The van der Waals surface area contributed by atoms with Gasteiger partial charge >= 0.3 is 7.12 Å². The molecule has 1 aromatic carbocycles. The predicted molar refractivity (Wildman–Crippen MR) is 56.6 cm³/mol. The Kier molecular flexibility index (Phi) is 3.51. The zero-order valence-electron chi connectivity index (χ0n) is 5.76. The van der Waals surface area contributed by atoms with E-state index in [0.29, 0.717) is 8.04 Å². The van der Waals surface area contributed by atoms with Crippen molar-refractivity contribution in [3.8, 4) is 0 Å². The Bertz CT molecular complexity index is 308. The molecule has 0 saturated carbocycles. The molecular weight excluding hydrogens is 341 g/mol. The van der Waals surface area contributed by atoms with E-state index in [-0.39, 0.29) is 5.46 Å². The van der Waals surface area contributed by atoms with Crippen LogP contribution >= 0.6 is 38.5 Å². The van der Waals surface area contributed by atoms with E-state index >= 15 is 0 Å². The third-order valence-corrected chi connectivity index (χ3v) is 3.80. The summed E-state index contributed by atoms with van der Waals surface area (Å²) >= 11 is 4.90. The molecule has 1 aromatic rings. The number of hydrogen-bond donors (Lipinski definition) is 2. The minimum atomic E-state index is -1.76. The van der Waals surface area contributed by atoms with E-state index in [1.165, 1.54) is 6.07 Å². The summed E-state index contributed by atoms with van der Waals surface area (Å²) in [5.41, 5.74) is -0.109. The summed E-state index contributed by atoms with van der Waals surface area (Å²) in [6, 6.07) is 2.89. The molecule has 0 heterocycles. The molecule has 2 N–H and O–H groups in total. The fraction of sp³-hybridized carbons (Fsp3) is 0. The van der Waals surface area contributed by atoms with Crippen LogP contribution in [0.2, 0.25) is 0 Å². The molecule has 0 bridgehead atoms. The second kappa shape index (κ2) is 4.04. The van der Waals surface area contributed by atoms with Gasteiger partial charge in [-0.25, -0.2) is 4.39 Å². The summed E-state index contributed by atoms with van der Waals surface area (Å²) in [6.07, 6.45) is 0. The zero-order valence-corrected chi connectivity index (χ0v) is 9.50. The molecule has 0 aromatic heterocycles. The van der Waals surface area contributed by atoms with Gasteiger partial charge in [-0.15, -0.1) is 0 Å². The Morgan fingerprint density at radius 2 is 2.00 bits per heavy atom. The summed E-state index contributed by atoms with van der Waals surface area (Å²) in [6.45, 7) is 0. The first kappa shape index (κ1) is 10.4. The van der Waals surface area contributed by atoms with E-state index < -0.39 is 12.9 Å². The summed E-state index contributed by atoms with van der Waals surface area (Å²) in [5.74, 6) is -0.597. The fourth-order valence-electron chi connectivity index (χ4n) is 0.740. The van der Waals surface area contributed by atoms with E-state index in [0.717, 1.165) is 0 Å². The molecule has 12 heavy (non-hydrogen) atoms. The van der Waals surface area contributed by atoms with Crippen LogP contribution in [0.25, 0.3) is 0 Å². The molecule has 0 amide bonds. The highest BCUT2D eigenvalue weighted by molar-refractivity contribution is 14.1. The highest BCUT2D eigenvalue weighted by Gasteiger charge is 2.19. The predicted octanol–water partition coefficient (Wildman–Crippen LogP) is 0.873. The zero-order chi connectivity index (χ0) is 9.30. The van der Waals surface area contributed by atoms with Gasteiger partial charge in [0.25, 0.3) is 0 Å². The van der Waals surface area contributed by atoms with Gasteiger partial charge in [0.15, 0.2) is 0 Å². The van der Waals surface area contributed by atoms with Crippen molar-refractivity contribution in [3.05, 3.63) is 26.0 Å². The molecule has 0 radical (unpaired) electrons. The second-order valence-electron chi connectivity index (χ2n) is 2.14. The van der Waals surface area contributed by atoms with E-state index in [9.17, 15) is 4.39 Å². The highest BCUT2D eigenvalue weighted by atomic mass is 127. The van der Waals surface area contributed by atoms with Gasteiger partial charge in [-0.3, -0.25) is 0 Å². The number of halogens is 3. The molecule has 0 spiro atoms. The third-order valence-electron chi connectivity index (χ3n) is 1.34. The molecule has 0 unspecified atom stereocenters. The van der Waals surface area contributed by atoms with Crippen molar-refractivity contribution in [2.75, 3.05) is 0 Å². The molecule has 0 aliphatic heterocycles. The number of hydrogen-bond acceptors (Lipinski definition) is 2. The first-order valence-corrected chi connectivity index (χ1v) is 4.90. The van der Waals surface area contributed by atoms with Crippen LogP contribution in [0.4, 0.5) is 4.39 Å². The Morgan fingerprint density at radius 3 is 2.50 bits per heavy atom. The van der Waals surface area contributed by atoms with Crippen molar-refractivity contribution in [1.29, 1.82) is 0 Å². The largest absolute Gasteiger partial charge is 0.491 e. The van der Waals surface area contributed by atoms with Gasteiger partial charge in [0, 0.05) is 9.94 Å². The lowest BCUT2D eigenvalue weighted by molar-refractivity contribution is 0.423. The number of rotatable bonds is 1. The fourth-order valence-corrected chi connectivity index (χ4v) is 1.54. The van der Waals surface area contributed by atoms with Gasteiger partial charge in [0.2, 0.25) is 0 Å². The van der Waals surface area contributed by atoms with Gasteiger partial charge < -0.3 is 10.0 Å². The Balaban J connectivity index is 3.27. The summed E-state index contributed by atoms with van der Waals surface area (Å²) in [4.78, 5) is 0. The standard InChI is InChI=1S/C6H4BBrFIO2/c8-4-2-1-3(7(11)12)5(9)6(4)10/h1-2,11-12H. The summed E-state index contributed by atoms with van der Waals surface area (Å²) in [7, 11) is -1.76. The Labute approximate surface area is 91.2 Å². The SMILES string of the molecule is OB(O)c1ccc(Br)c(I)c1F. The topological polar surface area (TPSA) is 40.5 Å². The summed E-state index contributed by atoms with van der Waals surface area (Å²) < 4.78 is 14.1. The molecule has 2 nitrogen and oxygen atoms in total. The van der Waals surface area contributed by atoms with Gasteiger partial charge in [-0.1, -0.05) is 6.07 Å². The van der Waals surface area contributed by atoms with Crippen molar-refractivity contribution < 1.29 is 14.4 Å². The molecule has 0 aliphatic rings. The van der Waals surface area contributed by atoms with Crippen LogP contribution in [0.3, 0.4) is 0 Å². The maximum atomic E-state index is 13.2. The van der Waals surface area contributed by atoms with Crippen molar-refractivity contribution in [2.45, 2.75) is 0 Å². The maximum absolute atomic E-state index is 13.2. The van der Waals surface area contributed by atoms with Crippen LogP contribution < -0.4 is 5.46 Å². The lowest BCUT2D eigenvalue weighted by Crippen LogP contribution is -2.33. The van der Waals surface area contributed by atoms with Crippen LogP contribution in [-0.2, 0) is 0 Å². The molecule has 6 heteroatoms. The third kappa shape index (κ3) is 1.98. The normalized spacial score (nSPS) is 10.1. The van der Waals surface area contributed by atoms with Crippen molar-refractivity contribution in [2.24, 2.45) is 0 Å². The van der Waals surface area contributed by atoms with Crippen LogP contribution in [-0.4, -0.2) is 17.2 Å². The smallest absolute Gasteiger partial charge is 0.423 e. The average Bonchev–Trinajstić information content (AvgIpc) is 2.00. The van der Waals surface area contributed by atoms with Crippen molar-refractivity contribution in [3.63, 3.8) is 0 Å². The molecule has 1 rings (SSSR count). The molecule has 0 saturated heterocycles. The second-order valence-corrected chi connectivity index (χ2v) is 4.07. The minimum absolute atomic E-state index is 0.109. The maximum Gasteiger partial charge on any atom is 0.491 e. The van der Waals surface area contributed by atoms with E-state index in [1.807, 2.05) is 0 Å². The van der Waals surface area contributed by atoms with Crippen LogP contribution in [0.1, 0.15) is 0 Å². The highest BCUT2D eigenvalue weighted by Crippen LogP contribution is 2.20. The molecule has 64 valence electrons. The Morgan fingerprint density at radius 1 is 1.42 bits per heavy atom. The van der Waals surface area contributed by atoms with Gasteiger partial charge in [-0.05, 0) is 44.6 Å². The van der Waals surface area contributed by atoms with Crippen molar-refractivity contribution in [1.82, 2.24) is 0 Å². The van der Waals surface area contributed by atoms with E-state index in [2.05, 4.69) is 15.9 Å². The lowest BCUT2D eigenvalue weighted by atomic mass is 9.80. The van der Waals surface area contributed by atoms with Gasteiger partial charge in [0.05, 0.1) is 3.57 Å². The monoisotopic (exact) mass is 344 g/mol. The number of benzene rings is 1. The first-order chi connectivity index (χ1) is 5.54. The molecule has 0 fully saturated rings. The minimum Gasteiger partial charge on any atom is -0.423 e. The Hall–Kier alpha value is 0.345. The van der Waals surface area contributed by atoms with Gasteiger partial charge in [0.1, 0.15) is 5.82 Å². The molecular formula is C6H4BBrFIO2. The average molecular weight is 345 g/mol. The lowest BCUT2D eigenvalue weighted by Gasteiger charge is -2.04.